The van der Waals surface area contributed by atoms with Crippen molar-refractivity contribution < 1.29 is 28.2 Å². The lowest BCUT2D eigenvalue weighted by atomic mass is 10.1. The van der Waals surface area contributed by atoms with Crippen LogP contribution < -0.4 is 4.74 Å². The van der Waals surface area contributed by atoms with Gasteiger partial charge in [0.2, 0.25) is 0 Å². The Balaban J connectivity index is 3.00. The van der Waals surface area contributed by atoms with E-state index >= 15 is 0 Å². The quantitative estimate of drug-likeness (QED) is 0.849. The van der Waals surface area contributed by atoms with Crippen molar-refractivity contribution in [2.75, 3.05) is 7.11 Å². The second-order valence-corrected chi connectivity index (χ2v) is 3.46. The summed E-state index contributed by atoms with van der Waals surface area (Å²) < 4.78 is 32.4. The Morgan fingerprint density at radius 1 is 1.41 bits per heavy atom. The summed E-state index contributed by atoms with van der Waals surface area (Å²) >= 11 is 5.64. The van der Waals surface area contributed by atoms with Crippen LogP contribution >= 0.6 is 11.6 Å². The molecule has 0 aliphatic carbocycles. The smallest absolute Gasteiger partial charge is 0.387 e. The molecule has 17 heavy (non-hydrogen) atoms. The van der Waals surface area contributed by atoms with Crippen molar-refractivity contribution >= 4 is 17.6 Å². The van der Waals surface area contributed by atoms with E-state index in [2.05, 4.69) is 9.47 Å². The van der Waals surface area contributed by atoms with Crippen molar-refractivity contribution in [3.63, 3.8) is 0 Å². The molecule has 0 heterocycles. The fourth-order valence-corrected chi connectivity index (χ4v) is 1.39. The van der Waals surface area contributed by atoms with Crippen LogP contribution in [0.1, 0.15) is 11.7 Å². The lowest BCUT2D eigenvalue weighted by molar-refractivity contribution is -0.150. The molecule has 0 aromatic heterocycles. The Kier molecular flexibility index (Phi) is 4.65. The van der Waals surface area contributed by atoms with Gasteiger partial charge in [-0.25, -0.2) is 4.79 Å². The Labute approximate surface area is 101 Å². The van der Waals surface area contributed by atoms with E-state index in [1.165, 1.54) is 6.07 Å². The van der Waals surface area contributed by atoms with Crippen LogP contribution in [0, 0.1) is 0 Å². The molecule has 1 rings (SSSR count). The second-order valence-electron chi connectivity index (χ2n) is 3.02. The molecule has 1 N–H and O–H groups in total. The van der Waals surface area contributed by atoms with Gasteiger partial charge in [-0.3, -0.25) is 0 Å². The first kappa shape index (κ1) is 13.7. The first-order valence-electron chi connectivity index (χ1n) is 4.45. The normalized spacial score (nSPS) is 12.4. The zero-order chi connectivity index (χ0) is 13.0. The number of rotatable bonds is 4. The van der Waals surface area contributed by atoms with Crippen LogP contribution in [-0.2, 0) is 9.53 Å². The monoisotopic (exact) mass is 266 g/mol. The summed E-state index contributed by atoms with van der Waals surface area (Å²) in [5, 5.41) is 9.55. The maximum atomic E-state index is 12.0. The van der Waals surface area contributed by atoms with E-state index in [4.69, 9.17) is 11.6 Å². The minimum absolute atomic E-state index is 0.0139. The van der Waals surface area contributed by atoms with Crippen LogP contribution in [0.5, 0.6) is 5.75 Å². The van der Waals surface area contributed by atoms with Gasteiger partial charge in [0.15, 0.2) is 6.10 Å². The highest BCUT2D eigenvalue weighted by atomic mass is 35.5. The fourth-order valence-electron chi connectivity index (χ4n) is 1.16. The molecule has 0 spiro atoms. The molecule has 7 heteroatoms. The number of hydrogen-bond acceptors (Lipinski definition) is 4. The predicted molar refractivity (Wildman–Crippen MR) is 55.1 cm³/mol. The van der Waals surface area contributed by atoms with Gasteiger partial charge in [-0.1, -0.05) is 11.6 Å². The highest BCUT2D eigenvalue weighted by Gasteiger charge is 2.19. The van der Waals surface area contributed by atoms with Crippen molar-refractivity contribution in [1.29, 1.82) is 0 Å². The Hall–Kier alpha value is -1.40. The maximum absolute atomic E-state index is 12.0. The Morgan fingerprint density at radius 3 is 2.59 bits per heavy atom. The lowest BCUT2D eigenvalue weighted by Crippen LogP contribution is -2.13. The van der Waals surface area contributed by atoms with Gasteiger partial charge in [-0.15, -0.1) is 0 Å². The highest BCUT2D eigenvalue weighted by Crippen LogP contribution is 2.26. The molecule has 94 valence electrons. The van der Waals surface area contributed by atoms with Crippen LogP contribution in [-0.4, -0.2) is 24.8 Å². The third-order valence-corrected chi connectivity index (χ3v) is 2.08. The van der Waals surface area contributed by atoms with E-state index in [9.17, 15) is 18.7 Å². The van der Waals surface area contributed by atoms with Gasteiger partial charge in [0.25, 0.3) is 0 Å². The molecular formula is C10H9ClF2O4. The standard InChI is InChI=1S/C10H9ClF2O4/c1-16-9(15)8(14)5-2-6(11)4-7(3-5)17-10(12)13/h2-4,8,10,14H,1H3. The second kappa shape index (κ2) is 5.79. The number of ether oxygens (including phenoxy) is 2. The van der Waals surface area contributed by atoms with Gasteiger partial charge in [0, 0.05) is 5.02 Å². The Morgan fingerprint density at radius 2 is 2.06 bits per heavy atom. The van der Waals surface area contributed by atoms with Gasteiger partial charge >= 0.3 is 12.6 Å². The molecule has 0 fully saturated rings. The van der Waals surface area contributed by atoms with E-state index < -0.39 is 18.7 Å². The van der Waals surface area contributed by atoms with Crippen molar-refractivity contribution in [2.45, 2.75) is 12.7 Å². The maximum Gasteiger partial charge on any atom is 0.387 e. The number of hydrogen-bond donors (Lipinski definition) is 1. The van der Waals surface area contributed by atoms with Gasteiger partial charge in [0.05, 0.1) is 7.11 Å². The molecule has 0 bridgehead atoms. The highest BCUT2D eigenvalue weighted by molar-refractivity contribution is 6.30. The zero-order valence-corrected chi connectivity index (χ0v) is 9.45. The van der Waals surface area contributed by atoms with Crippen LogP contribution in [0.3, 0.4) is 0 Å². The SMILES string of the molecule is COC(=O)C(O)c1cc(Cl)cc(OC(F)F)c1. The summed E-state index contributed by atoms with van der Waals surface area (Å²) in [7, 11) is 1.09. The third-order valence-electron chi connectivity index (χ3n) is 1.86. The number of aliphatic hydroxyl groups is 1. The average Bonchev–Trinajstić information content (AvgIpc) is 2.25. The summed E-state index contributed by atoms with van der Waals surface area (Å²) in [5.74, 6) is -1.17. The molecule has 4 nitrogen and oxygen atoms in total. The number of alkyl halides is 2. The topological polar surface area (TPSA) is 55.8 Å². The molecule has 0 saturated carbocycles. The summed E-state index contributed by atoms with van der Waals surface area (Å²) in [5.41, 5.74) is 0.0139. The van der Waals surface area contributed by atoms with Crippen molar-refractivity contribution in [3.05, 3.63) is 28.8 Å². The minimum atomic E-state index is -3.02. The minimum Gasteiger partial charge on any atom is -0.467 e. The van der Waals surface area contributed by atoms with E-state index in [1.54, 1.807) is 0 Å². The molecule has 0 aliphatic rings. The van der Waals surface area contributed by atoms with Crippen LogP contribution in [0.15, 0.2) is 18.2 Å². The molecular weight excluding hydrogens is 258 g/mol. The largest absolute Gasteiger partial charge is 0.467 e. The van der Waals surface area contributed by atoms with Gasteiger partial charge in [-0.2, -0.15) is 8.78 Å². The van der Waals surface area contributed by atoms with Gasteiger partial charge < -0.3 is 14.6 Å². The van der Waals surface area contributed by atoms with Crippen LogP contribution in [0.2, 0.25) is 5.02 Å². The van der Waals surface area contributed by atoms with Crippen molar-refractivity contribution in [2.24, 2.45) is 0 Å². The van der Waals surface area contributed by atoms with E-state index in [-0.39, 0.29) is 16.3 Å². The van der Waals surface area contributed by atoms with Crippen molar-refractivity contribution in [3.8, 4) is 5.75 Å². The van der Waals surface area contributed by atoms with E-state index in [0.29, 0.717) is 0 Å². The molecule has 0 radical (unpaired) electrons. The fraction of sp³-hybridized carbons (Fsp3) is 0.300. The Bertz CT molecular complexity index is 411. The number of carbonyl (C=O) groups is 1. The van der Waals surface area contributed by atoms with Gasteiger partial charge in [-0.05, 0) is 23.8 Å². The number of methoxy groups -OCH3 is 1. The number of carbonyl (C=O) groups excluding carboxylic acids is 1. The average molecular weight is 267 g/mol. The first-order valence-corrected chi connectivity index (χ1v) is 4.83. The predicted octanol–water partition coefficient (Wildman–Crippen LogP) is 2.15. The molecule has 1 aromatic rings. The van der Waals surface area contributed by atoms with E-state index in [0.717, 1.165) is 19.2 Å². The molecule has 1 aromatic carbocycles. The van der Waals surface area contributed by atoms with Crippen molar-refractivity contribution in [1.82, 2.24) is 0 Å². The summed E-state index contributed by atoms with van der Waals surface area (Å²) in [6.45, 7) is -3.02. The summed E-state index contributed by atoms with van der Waals surface area (Å²) in [6.07, 6.45) is -1.60. The lowest BCUT2D eigenvalue weighted by Gasteiger charge is -2.11. The number of benzene rings is 1. The van der Waals surface area contributed by atoms with E-state index in [1.807, 2.05) is 0 Å². The van der Waals surface area contributed by atoms with Gasteiger partial charge in [0.1, 0.15) is 5.75 Å². The van der Waals surface area contributed by atoms with Crippen LogP contribution in [0.4, 0.5) is 8.78 Å². The number of esters is 1. The summed E-state index contributed by atoms with van der Waals surface area (Å²) in [4.78, 5) is 11.1. The number of aliphatic hydroxyl groups excluding tert-OH is 1. The van der Waals surface area contributed by atoms with Crippen LogP contribution in [0.25, 0.3) is 0 Å². The molecule has 1 atom stereocenters. The molecule has 0 amide bonds. The zero-order valence-electron chi connectivity index (χ0n) is 8.69. The summed E-state index contributed by atoms with van der Waals surface area (Å²) in [6, 6.07) is 3.47. The first-order chi connectivity index (χ1) is 7.93. The molecule has 0 aliphatic heterocycles. The molecule has 0 saturated heterocycles. The molecule has 1 unspecified atom stereocenters. The number of halogens is 3. The third kappa shape index (κ3) is 3.83.